The quantitative estimate of drug-likeness (QED) is 0.538. The number of rotatable bonds is 6. The topological polar surface area (TPSA) is 32.6 Å². The van der Waals surface area contributed by atoms with Crippen LogP contribution in [0, 0.1) is 6.92 Å². The summed E-state index contributed by atoms with van der Waals surface area (Å²) in [5.74, 6) is 0. The van der Waals surface area contributed by atoms with Gasteiger partial charge >= 0.3 is 7.12 Å². The number of hydrogen-bond acceptors (Lipinski definition) is 3. The molecule has 4 nitrogen and oxygen atoms in total. The minimum atomic E-state index is -1.05. The maximum atomic E-state index is 6.25. The molecule has 1 aliphatic rings. The van der Waals surface area contributed by atoms with E-state index < -0.39 is 8.07 Å². The molecule has 2 heterocycles. The SMILES string of the molecule is Cc1cc2c(ccn2COCC[Si](C)(C)C)cc1B1OC(C)(C)C(C)(C)O1. The van der Waals surface area contributed by atoms with Crippen LogP contribution in [0.25, 0.3) is 10.9 Å². The van der Waals surface area contributed by atoms with Crippen molar-refractivity contribution in [2.24, 2.45) is 0 Å². The van der Waals surface area contributed by atoms with Gasteiger partial charge in [-0.05, 0) is 69.2 Å². The Hall–Kier alpha value is -1.08. The van der Waals surface area contributed by atoms with Crippen LogP contribution in [0.3, 0.4) is 0 Å². The van der Waals surface area contributed by atoms with Crippen LogP contribution in [0.4, 0.5) is 0 Å². The molecule has 27 heavy (non-hydrogen) atoms. The number of ether oxygens (including phenoxy) is 1. The molecule has 0 bridgehead atoms. The monoisotopic (exact) mass is 387 g/mol. The molecule has 0 amide bonds. The van der Waals surface area contributed by atoms with Crippen molar-refractivity contribution < 1.29 is 14.0 Å². The van der Waals surface area contributed by atoms with Gasteiger partial charge in [0.2, 0.25) is 0 Å². The van der Waals surface area contributed by atoms with E-state index in [0.717, 1.165) is 12.1 Å². The van der Waals surface area contributed by atoms with E-state index in [1.807, 2.05) is 0 Å². The van der Waals surface area contributed by atoms with Gasteiger partial charge in [-0.15, -0.1) is 0 Å². The Morgan fingerprint density at radius 3 is 2.30 bits per heavy atom. The average Bonchev–Trinajstić information content (AvgIpc) is 2.99. The lowest BCUT2D eigenvalue weighted by Gasteiger charge is -2.32. The Morgan fingerprint density at radius 1 is 1.07 bits per heavy atom. The summed E-state index contributed by atoms with van der Waals surface area (Å²) in [6, 6.07) is 7.76. The molecule has 0 N–H and O–H groups in total. The van der Waals surface area contributed by atoms with Gasteiger partial charge in [0.25, 0.3) is 0 Å². The number of hydrogen-bond donors (Lipinski definition) is 0. The predicted molar refractivity (Wildman–Crippen MR) is 116 cm³/mol. The highest BCUT2D eigenvalue weighted by Gasteiger charge is 2.52. The molecular formula is C21H34BNO3Si. The molecule has 2 aromatic rings. The van der Waals surface area contributed by atoms with Crippen LogP contribution in [0.15, 0.2) is 24.4 Å². The number of nitrogens with zero attached hydrogens (tertiary/aromatic N) is 1. The van der Waals surface area contributed by atoms with E-state index in [1.165, 1.54) is 22.5 Å². The number of aryl methyl sites for hydroxylation is 1. The van der Waals surface area contributed by atoms with Gasteiger partial charge in [0.15, 0.2) is 0 Å². The van der Waals surface area contributed by atoms with Crippen LogP contribution in [-0.4, -0.2) is 37.6 Å². The van der Waals surface area contributed by atoms with Crippen LogP contribution < -0.4 is 5.46 Å². The standard InChI is InChI=1S/C21H34BNO3Si/c1-16-13-19-17(9-10-23(19)15-24-11-12-27(6,7)8)14-18(16)22-25-20(2,3)21(4,5)26-22/h9-10,13-14H,11-12,15H2,1-8H3. The summed E-state index contributed by atoms with van der Waals surface area (Å²) in [5, 5.41) is 1.19. The van der Waals surface area contributed by atoms with Crippen LogP contribution >= 0.6 is 0 Å². The molecule has 1 aliphatic heterocycles. The smallest absolute Gasteiger partial charge is 0.399 e. The first-order chi connectivity index (χ1) is 12.4. The second kappa shape index (κ2) is 7.07. The van der Waals surface area contributed by atoms with Gasteiger partial charge in [0, 0.05) is 20.9 Å². The van der Waals surface area contributed by atoms with Gasteiger partial charge in [0.1, 0.15) is 6.73 Å². The second-order valence-electron chi connectivity index (χ2n) is 9.99. The van der Waals surface area contributed by atoms with Gasteiger partial charge < -0.3 is 18.6 Å². The largest absolute Gasteiger partial charge is 0.495 e. The maximum absolute atomic E-state index is 6.25. The van der Waals surface area contributed by atoms with Crippen LogP contribution in [0.5, 0.6) is 0 Å². The molecule has 1 saturated heterocycles. The third-order valence-electron chi connectivity index (χ3n) is 5.89. The Morgan fingerprint density at radius 2 is 1.70 bits per heavy atom. The minimum absolute atomic E-state index is 0.323. The molecule has 0 atom stereocenters. The highest BCUT2D eigenvalue weighted by molar-refractivity contribution is 6.76. The lowest BCUT2D eigenvalue weighted by atomic mass is 9.76. The van der Waals surface area contributed by atoms with Crippen molar-refractivity contribution >= 4 is 31.6 Å². The van der Waals surface area contributed by atoms with Crippen LogP contribution in [0.2, 0.25) is 25.7 Å². The first-order valence-corrected chi connectivity index (χ1v) is 13.6. The summed E-state index contributed by atoms with van der Waals surface area (Å²) in [6.07, 6.45) is 2.10. The van der Waals surface area contributed by atoms with Gasteiger partial charge in [-0.2, -0.15) is 0 Å². The highest BCUT2D eigenvalue weighted by atomic mass is 28.3. The Kier molecular flexibility index (Phi) is 5.41. The lowest BCUT2D eigenvalue weighted by Crippen LogP contribution is -2.41. The third-order valence-corrected chi connectivity index (χ3v) is 7.60. The Labute approximate surface area is 165 Å². The third kappa shape index (κ3) is 4.34. The zero-order valence-corrected chi connectivity index (χ0v) is 19.2. The Bertz CT molecular complexity index is 807. The van der Waals surface area contributed by atoms with E-state index in [2.05, 4.69) is 83.2 Å². The van der Waals surface area contributed by atoms with E-state index in [0.29, 0.717) is 6.73 Å². The zero-order chi connectivity index (χ0) is 20.0. The molecule has 0 spiro atoms. The predicted octanol–water partition coefficient (Wildman–Crippen LogP) is 4.56. The molecular weight excluding hydrogens is 353 g/mol. The first-order valence-electron chi connectivity index (χ1n) is 9.92. The van der Waals surface area contributed by atoms with E-state index >= 15 is 0 Å². The average molecular weight is 387 g/mol. The van der Waals surface area contributed by atoms with E-state index in [-0.39, 0.29) is 18.3 Å². The first kappa shape index (κ1) is 20.7. The molecule has 0 radical (unpaired) electrons. The Balaban J connectivity index is 1.77. The van der Waals surface area contributed by atoms with Crippen molar-refractivity contribution in [1.82, 2.24) is 4.57 Å². The summed E-state index contributed by atoms with van der Waals surface area (Å²) < 4.78 is 20.6. The highest BCUT2D eigenvalue weighted by Crippen LogP contribution is 2.37. The molecule has 1 aromatic heterocycles. The van der Waals surface area contributed by atoms with E-state index in [1.54, 1.807) is 0 Å². The van der Waals surface area contributed by atoms with Gasteiger partial charge in [0.05, 0.1) is 16.7 Å². The summed E-state index contributed by atoms with van der Waals surface area (Å²) in [6.45, 7) is 19.1. The zero-order valence-electron chi connectivity index (χ0n) is 18.2. The minimum Gasteiger partial charge on any atom is -0.399 e. The molecule has 0 unspecified atom stereocenters. The molecule has 3 rings (SSSR count). The second-order valence-corrected chi connectivity index (χ2v) is 15.6. The van der Waals surface area contributed by atoms with Crippen LogP contribution in [-0.2, 0) is 20.8 Å². The fourth-order valence-corrected chi connectivity index (χ4v) is 3.99. The fraction of sp³-hybridized carbons (Fsp3) is 0.619. The van der Waals surface area contributed by atoms with Crippen molar-refractivity contribution in [1.29, 1.82) is 0 Å². The lowest BCUT2D eigenvalue weighted by molar-refractivity contribution is 0.00578. The molecule has 0 aliphatic carbocycles. The van der Waals surface area contributed by atoms with E-state index in [9.17, 15) is 0 Å². The number of benzene rings is 1. The van der Waals surface area contributed by atoms with Gasteiger partial charge in [-0.1, -0.05) is 25.7 Å². The van der Waals surface area contributed by atoms with Crippen molar-refractivity contribution in [3.05, 3.63) is 30.0 Å². The van der Waals surface area contributed by atoms with Crippen LogP contribution in [0.1, 0.15) is 33.3 Å². The fourth-order valence-electron chi connectivity index (χ4n) is 3.24. The van der Waals surface area contributed by atoms with Crippen molar-refractivity contribution in [3.8, 4) is 0 Å². The normalized spacial score (nSPS) is 19.2. The molecule has 1 fully saturated rings. The molecule has 1 aromatic carbocycles. The van der Waals surface area contributed by atoms with E-state index in [4.69, 9.17) is 14.0 Å². The molecule has 6 heteroatoms. The van der Waals surface area contributed by atoms with Crippen molar-refractivity contribution in [2.75, 3.05) is 6.61 Å². The number of fused-ring (bicyclic) bond motifs is 1. The number of aromatic nitrogens is 1. The summed E-state index contributed by atoms with van der Waals surface area (Å²) >= 11 is 0. The van der Waals surface area contributed by atoms with Gasteiger partial charge in [-0.3, -0.25) is 0 Å². The maximum Gasteiger partial charge on any atom is 0.495 e. The summed E-state index contributed by atoms with van der Waals surface area (Å²) in [4.78, 5) is 0. The van der Waals surface area contributed by atoms with Crippen molar-refractivity contribution in [2.45, 2.75) is 78.2 Å². The van der Waals surface area contributed by atoms with Crippen molar-refractivity contribution in [3.63, 3.8) is 0 Å². The molecule has 148 valence electrons. The van der Waals surface area contributed by atoms with Gasteiger partial charge in [-0.25, -0.2) is 0 Å². The molecule has 0 saturated carbocycles. The summed E-state index contributed by atoms with van der Waals surface area (Å²) in [7, 11) is -1.37. The summed E-state index contributed by atoms with van der Waals surface area (Å²) in [5.41, 5.74) is 2.84.